The molecule has 6 nitrogen and oxygen atoms in total. The average molecular weight is 369 g/mol. The van der Waals surface area contributed by atoms with Crippen LogP contribution in [0.4, 0.5) is 0 Å². The van der Waals surface area contributed by atoms with E-state index in [1.54, 1.807) is 13.3 Å². The predicted octanol–water partition coefficient (Wildman–Crippen LogP) is 3.14. The summed E-state index contributed by atoms with van der Waals surface area (Å²) < 4.78 is 11.3. The number of aryl methyl sites for hydroxylation is 1. The van der Waals surface area contributed by atoms with Gasteiger partial charge in [0, 0.05) is 0 Å². The van der Waals surface area contributed by atoms with Crippen LogP contribution in [0, 0.1) is 6.92 Å². The van der Waals surface area contributed by atoms with Gasteiger partial charge in [0.05, 0.1) is 19.1 Å². The molecule has 3 rings (SSSR count). The molecule has 1 N–H and O–H groups in total. The number of benzene rings is 2. The minimum atomic E-state index is -0.0548. The Kier molecular flexibility index (Phi) is 5.91. The number of hydrogen-bond donors (Lipinski definition) is 1. The van der Waals surface area contributed by atoms with Crippen molar-refractivity contribution in [3.63, 3.8) is 0 Å². The highest BCUT2D eigenvalue weighted by atomic mass is 32.2. The van der Waals surface area contributed by atoms with E-state index < -0.39 is 0 Å². The highest BCUT2D eigenvalue weighted by Crippen LogP contribution is 2.28. The summed E-state index contributed by atoms with van der Waals surface area (Å²) in [5.41, 5.74) is 3.14. The van der Waals surface area contributed by atoms with Crippen LogP contribution in [0.1, 0.15) is 16.7 Å². The third-order valence-corrected chi connectivity index (χ3v) is 4.64. The average Bonchev–Trinajstić information content (AvgIpc) is 3.06. The van der Waals surface area contributed by atoms with Crippen LogP contribution in [-0.2, 0) is 11.4 Å². The molecular weight excluding hydrogens is 350 g/mol. The molecule has 1 saturated heterocycles. The maximum Gasteiger partial charge on any atom is 0.236 e. The zero-order valence-electron chi connectivity index (χ0n) is 14.6. The van der Waals surface area contributed by atoms with Crippen LogP contribution in [0.3, 0.4) is 0 Å². The second-order valence-electron chi connectivity index (χ2n) is 5.61. The molecule has 134 valence electrons. The molecule has 1 aliphatic rings. The van der Waals surface area contributed by atoms with Gasteiger partial charge in [0.15, 0.2) is 16.7 Å². The second kappa shape index (κ2) is 8.53. The van der Waals surface area contributed by atoms with Crippen LogP contribution in [0.15, 0.2) is 52.7 Å². The largest absolute Gasteiger partial charge is 0.493 e. The van der Waals surface area contributed by atoms with Gasteiger partial charge in [-0.1, -0.05) is 36.0 Å². The maximum atomic E-state index is 11.1. The van der Waals surface area contributed by atoms with Gasteiger partial charge < -0.3 is 14.8 Å². The van der Waals surface area contributed by atoms with Crippen molar-refractivity contribution >= 4 is 29.1 Å². The van der Waals surface area contributed by atoms with Gasteiger partial charge >= 0.3 is 0 Å². The summed E-state index contributed by atoms with van der Waals surface area (Å²) in [6, 6.07) is 13.7. The van der Waals surface area contributed by atoms with Gasteiger partial charge in [-0.2, -0.15) is 5.10 Å². The molecule has 0 unspecified atom stereocenters. The first-order valence-corrected chi connectivity index (χ1v) is 9.03. The van der Waals surface area contributed by atoms with Crippen LogP contribution in [0.5, 0.6) is 11.5 Å². The summed E-state index contributed by atoms with van der Waals surface area (Å²) in [5.74, 6) is 1.62. The van der Waals surface area contributed by atoms with Crippen molar-refractivity contribution in [1.82, 2.24) is 5.32 Å². The second-order valence-corrected chi connectivity index (χ2v) is 6.58. The number of amidine groups is 1. The Labute approximate surface area is 156 Å². The van der Waals surface area contributed by atoms with Gasteiger partial charge in [0.1, 0.15) is 6.61 Å². The van der Waals surface area contributed by atoms with Gasteiger partial charge in [0.2, 0.25) is 5.91 Å². The summed E-state index contributed by atoms with van der Waals surface area (Å²) in [5, 5.41) is 11.1. The SMILES string of the molecule is COc1cc(C=NN=C2NC(=O)CS2)ccc1OCc1ccccc1C. The summed E-state index contributed by atoms with van der Waals surface area (Å²) in [6.07, 6.45) is 1.60. The van der Waals surface area contributed by atoms with E-state index in [1.165, 1.54) is 17.3 Å². The molecule has 26 heavy (non-hydrogen) atoms. The number of carbonyl (C=O) groups excluding carboxylic acids is 1. The number of nitrogens with one attached hydrogen (secondary N) is 1. The molecule has 1 fully saturated rings. The molecule has 2 aromatic carbocycles. The number of methoxy groups -OCH3 is 1. The summed E-state index contributed by atoms with van der Waals surface area (Å²) in [4.78, 5) is 11.1. The van der Waals surface area contributed by atoms with E-state index in [-0.39, 0.29) is 5.91 Å². The fourth-order valence-electron chi connectivity index (χ4n) is 2.34. The molecular formula is C19H19N3O3S. The predicted molar refractivity (Wildman–Crippen MR) is 104 cm³/mol. The van der Waals surface area contributed by atoms with Gasteiger partial charge in [-0.3, -0.25) is 4.79 Å². The third-order valence-electron chi connectivity index (χ3n) is 3.77. The number of amides is 1. The van der Waals surface area contributed by atoms with Crippen LogP contribution in [-0.4, -0.2) is 30.2 Å². The number of ether oxygens (including phenoxy) is 2. The van der Waals surface area contributed by atoms with E-state index in [1.807, 2.05) is 36.4 Å². The number of carbonyl (C=O) groups is 1. The molecule has 0 atom stereocenters. The Bertz CT molecular complexity index is 865. The van der Waals surface area contributed by atoms with E-state index in [0.717, 1.165) is 11.1 Å². The van der Waals surface area contributed by atoms with E-state index in [9.17, 15) is 4.79 Å². The molecule has 2 aromatic rings. The van der Waals surface area contributed by atoms with Crippen molar-refractivity contribution in [3.05, 3.63) is 59.2 Å². The van der Waals surface area contributed by atoms with Crippen LogP contribution >= 0.6 is 11.8 Å². The Morgan fingerprint density at radius 1 is 1.23 bits per heavy atom. The lowest BCUT2D eigenvalue weighted by Crippen LogP contribution is -2.19. The van der Waals surface area contributed by atoms with Crippen molar-refractivity contribution in [2.24, 2.45) is 10.2 Å². The van der Waals surface area contributed by atoms with Crippen molar-refractivity contribution in [3.8, 4) is 11.5 Å². The monoisotopic (exact) mass is 369 g/mol. The summed E-state index contributed by atoms with van der Waals surface area (Å²) in [6.45, 7) is 2.53. The van der Waals surface area contributed by atoms with Crippen LogP contribution < -0.4 is 14.8 Å². The van der Waals surface area contributed by atoms with Gasteiger partial charge in [-0.15, -0.1) is 5.10 Å². The zero-order valence-corrected chi connectivity index (χ0v) is 15.4. The third kappa shape index (κ3) is 4.64. The standard InChI is InChI=1S/C19H19N3O3S/c1-13-5-3-4-6-15(13)11-25-16-8-7-14(9-17(16)24-2)10-20-22-19-21-18(23)12-26-19/h3-10H,11-12H2,1-2H3,(H,21,22,23). The van der Waals surface area contributed by atoms with E-state index in [4.69, 9.17) is 9.47 Å². The molecule has 0 aromatic heterocycles. The first kappa shape index (κ1) is 18.0. The Hall–Kier alpha value is -2.80. The molecule has 0 aliphatic carbocycles. The van der Waals surface area contributed by atoms with Crippen LogP contribution in [0.2, 0.25) is 0 Å². The maximum absolute atomic E-state index is 11.1. The van der Waals surface area contributed by atoms with Crippen molar-refractivity contribution in [2.45, 2.75) is 13.5 Å². The highest BCUT2D eigenvalue weighted by molar-refractivity contribution is 8.15. The molecule has 1 heterocycles. The summed E-state index contributed by atoms with van der Waals surface area (Å²) >= 11 is 1.33. The molecule has 0 radical (unpaired) electrons. The molecule has 1 amide bonds. The van der Waals surface area contributed by atoms with Crippen molar-refractivity contribution in [1.29, 1.82) is 0 Å². The Morgan fingerprint density at radius 2 is 2.08 bits per heavy atom. The number of thioether (sulfide) groups is 1. The zero-order chi connectivity index (χ0) is 18.4. The fraction of sp³-hybridized carbons (Fsp3) is 0.211. The normalized spacial score (nSPS) is 15.5. The Morgan fingerprint density at radius 3 is 2.81 bits per heavy atom. The minimum absolute atomic E-state index is 0.0548. The number of nitrogens with zero attached hydrogens (tertiary/aromatic N) is 2. The lowest BCUT2D eigenvalue weighted by Gasteiger charge is -2.12. The lowest BCUT2D eigenvalue weighted by atomic mass is 10.1. The molecule has 1 aliphatic heterocycles. The van der Waals surface area contributed by atoms with Crippen molar-refractivity contribution < 1.29 is 14.3 Å². The molecule has 0 saturated carbocycles. The van der Waals surface area contributed by atoms with E-state index in [2.05, 4.69) is 28.5 Å². The first-order chi connectivity index (χ1) is 12.7. The van der Waals surface area contributed by atoms with Gasteiger partial charge in [0.25, 0.3) is 0 Å². The fourth-order valence-corrected chi connectivity index (χ4v) is 2.97. The quantitative estimate of drug-likeness (QED) is 0.627. The van der Waals surface area contributed by atoms with Gasteiger partial charge in [-0.05, 0) is 41.8 Å². The first-order valence-electron chi connectivity index (χ1n) is 8.05. The van der Waals surface area contributed by atoms with E-state index >= 15 is 0 Å². The Balaban J connectivity index is 1.67. The smallest absolute Gasteiger partial charge is 0.236 e. The van der Waals surface area contributed by atoms with Gasteiger partial charge in [-0.25, -0.2) is 0 Å². The van der Waals surface area contributed by atoms with Crippen LogP contribution in [0.25, 0.3) is 0 Å². The topological polar surface area (TPSA) is 72.3 Å². The highest BCUT2D eigenvalue weighted by Gasteiger charge is 2.15. The molecule has 7 heteroatoms. The minimum Gasteiger partial charge on any atom is -0.493 e. The molecule has 0 spiro atoms. The molecule has 0 bridgehead atoms. The lowest BCUT2D eigenvalue weighted by molar-refractivity contribution is -0.116. The summed E-state index contributed by atoms with van der Waals surface area (Å²) in [7, 11) is 1.60. The number of rotatable bonds is 6. The van der Waals surface area contributed by atoms with Crippen molar-refractivity contribution in [2.75, 3.05) is 12.9 Å². The number of hydrogen-bond acceptors (Lipinski definition) is 6. The van der Waals surface area contributed by atoms with E-state index in [0.29, 0.717) is 29.0 Å².